The fourth-order valence-electron chi connectivity index (χ4n) is 1.56. The maximum Gasteiger partial charge on any atom is 0.303 e. The summed E-state index contributed by atoms with van der Waals surface area (Å²) in [5.41, 5.74) is 6.09. The third kappa shape index (κ3) is 4.88. The van der Waals surface area contributed by atoms with Gasteiger partial charge in [-0.25, -0.2) is 0 Å². The van der Waals surface area contributed by atoms with Crippen LogP contribution >= 0.6 is 11.3 Å². The summed E-state index contributed by atoms with van der Waals surface area (Å²) in [5, 5.41) is 8.59. The Balaban J connectivity index is 2.52. The summed E-state index contributed by atoms with van der Waals surface area (Å²) in [6.07, 6.45) is 1.46. The molecule has 0 aliphatic heterocycles. The van der Waals surface area contributed by atoms with Gasteiger partial charge in [0.05, 0.1) is 0 Å². The molecule has 1 heterocycles. The number of nitrogens with two attached hydrogens (primary N) is 1. The van der Waals surface area contributed by atoms with Crippen LogP contribution < -0.4 is 5.73 Å². The molecular weight excluding hydrogens is 234 g/mol. The SMILES string of the molecule is CC(C)(C)c1ccc(CC(N)CCC(=O)O)s1. The molecule has 1 aromatic rings. The highest BCUT2D eigenvalue weighted by molar-refractivity contribution is 7.12. The Morgan fingerprint density at radius 3 is 2.59 bits per heavy atom. The van der Waals surface area contributed by atoms with Crippen LogP contribution in [0.5, 0.6) is 0 Å². The first-order chi connectivity index (χ1) is 7.79. The first kappa shape index (κ1) is 14.2. The van der Waals surface area contributed by atoms with E-state index in [0.29, 0.717) is 6.42 Å². The van der Waals surface area contributed by atoms with Crippen molar-refractivity contribution >= 4 is 17.3 Å². The first-order valence-corrected chi connectivity index (χ1v) is 6.67. The molecule has 0 aliphatic carbocycles. The molecule has 4 heteroatoms. The van der Waals surface area contributed by atoms with Gasteiger partial charge < -0.3 is 10.8 Å². The van der Waals surface area contributed by atoms with Crippen molar-refractivity contribution in [2.75, 3.05) is 0 Å². The smallest absolute Gasteiger partial charge is 0.303 e. The molecular formula is C13H21NO2S. The van der Waals surface area contributed by atoms with E-state index in [2.05, 4.69) is 32.9 Å². The number of rotatable bonds is 5. The lowest BCUT2D eigenvalue weighted by molar-refractivity contribution is -0.137. The lowest BCUT2D eigenvalue weighted by Gasteiger charge is -2.15. The maximum atomic E-state index is 10.4. The van der Waals surface area contributed by atoms with Crippen molar-refractivity contribution in [3.63, 3.8) is 0 Å². The average molecular weight is 255 g/mol. The van der Waals surface area contributed by atoms with Gasteiger partial charge in [0.1, 0.15) is 0 Å². The molecule has 3 nitrogen and oxygen atoms in total. The molecule has 0 fully saturated rings. The molecule has 0 spiro atoms. The zero-order valence-corrected chi connectivity index (χ0v) is 11.5. The van der Waals surface area contributed by atoms with Crippen LogP contribution in [0.3, 0.4) is 0 Å². The summed E-state index contributed by atoms with van der Waals surface area (Å²) < 4.78 is 0. The molecule has 96 valence electrons. The molecule has 0 saturated heterocycles. The number of carboxylic acid groups (broad SMARTS) is 1. The Labute approximate surface area is 107 Å². The van der Waals surface area contributed by atoms with Gasteiger partial charge in [-0.05, 0) is 30.4 Å². The van der Waals surface area contributed by atoms with Crippen LogP contribution in [0.1, 0.15) is 43.4 Å². The standard InChI is InChI=1S/C13H21NO2S/c1-13(2,3)11-6-5-10(17-11)8-9(14)4-7-12(15)16/h5-6,9H,4,7-8,14H2,1-3H3,(H,15,16). The zero-order valence-electron chi connectivity index (χ0n) is 10.7. The van der Waals surface area contributed by atoms with Gasteiger partial charge in [0.15, 0.2) is 0 Å². The molecule has 1 unspecified atom stereocenters. The summed E-state index contributed by atoms with van der Waals surface area (Å²) >= 11 is 1.77. The highest BCUT2D eigenvalue weighted by Gasteiger charge is 2.17. The Bertz CT molecular complexity index is 379. The van der Waals surface area contributed by atoms with Crippen LogP contribution in [0.15, 0.2) is 12.1 Å². The normalized spacial score (nSPS) is 13.6. The van der Waals surface area contributed by atoms with Crippen molar-refractivity contribution in [2.24, 2.45) is 5.73 Å². The van der Waals surface area contributed by atoms with Gasteiger partial charge in [0.25, 0.3) is 0 Å². The van der Waals surface area contributed by atoms with Crippen molar-refractivity contribution in [1.29, 1.82) is 0 Å². The third-order valence-electron chi connectivity index (χ3n) is 2.59. The molecule has 0 saturated carbocycles. The second-order valence-electron chi connectivity index (χ2n) is 5.41. The van der Waals surface area contributed by atoms with E-state index in [1.165, 1.54) is 9.75 Å². The summed E-state index contributed by atoms with van der Waals surface area (Å²) in [4.78, 5) is 13.0. The third-order valence-corrected chi connectivity index (χ3v) is 4.13. The van der Waals surface area contributed by atoms with Crippen LogP contribution in [0.25, 0.3) is 0 Å². The second kappa shape index (κ2) is 5.65. The fourth-order valence-corrected chi connectivity index (χ4v) is 2.72. The molecule has 1 aromatic heterocycles. The van der Waals surface area contributed by atoms with Crippen LogP contribution in [0.2, 0.25) is 0 Å². The zero-order chi connectivity index (χ0) is 13.1. The van der Waals surface area contributed by atoms with Gasteiger partial charge >= 0.3 is 5.97 Å². The molecule has 0 bridgehead atoms. The molecule has 17 heavy (non-hydrogen) atoms. The minimum absolute atomic E-state index is 0.0578. The van der Waals surface area contributed by atoms with Gasteiger partial charge in [-0.1, -0.05) is 20.8 Å². The topological polar surface area (TPSA) is 63.3 Å². The molecule has 0 aliphatic rings. The van der Waals surface area contributed by atoms with Gasteiger partial charge in [0.2, 0.25) is 0 Å². The van der Waals surface area contributed by atoms with Crippen molar-refractivity contribution in [1.82, 2.24) is 0 Å². The van der Waals surface area contributed by atoms with E-state index in [4.69, 9.17) is 10.8 Å². The Kier molecular flexibility index (Phi) is 4.71. The van der Waals surface area contributed by atoms with Gasteiger partial charge in [-0.2, -0.15) is 0 Å². The molecule has 0 aromatic carbocycles. The minimum Gasteiger partial charge on any atom is -0.481 e. The van der Waals surface area contributed by atoms with Crippen LogP contribution in [0, 0.1) is 0 Å². The van der Waals surface area contributed by atoms with Gasteiger partial charge in [0, 0.05) is 22.2 Å². The van der Waals surface area contributed by atoms with Crippen molar-refractivity contribution < 1.29 is 9.90 Å². The highest BCUT2D eigenvalue weighted by Crippen LogP contribution is 2.30. The largest absolute Gasteiger partial charge is 0.481 e. The van der Waals surface area contributed by atoms with E-state index in [0.717, 1.165) is 6.42 Å². The van der Waals surface area contributed by atoms with E-state index in [1.807, 2.05) is 0 Å². The van der Waals surface area contributed by atoms with Crippen LogP contribution in [0.4, 0.5) is 0 Å². The molecule has 1 atom stereocenters. The Morgan fingerprint density at radius 1 is 1.47 bits per heavy atom. The van der Waals surface area contributed by atoms with Crippen LogP contribution in [-0.2, 0) is 16.6 Å². The second-order valence-corrected chi connectivity index (χ2v) is 6.58. The predicted molar refractivity (Wildman–Crippen MR) is 71.6 cm³/mol. The first-order valence-electron chi connectivity index (χ1n) is 5.85. The monoisotopic (exact) mass is 255 g/mol. The number of hydrogen-bond donors (Lipinski definition) is 2. The Morgan fingerprint density at radius 2 is 2.12 bits per heavy atom. The van der Waals surface area contributed by atoms with E-state index in [-0.39, 0.29) is 17.9 Å². The fraction of sp³-hybridized carbons (Fsp3) is 0.615. The summed E-state index contributed by atoms with van der Waals surface area (Å²) in [7, 11) is 0. The summed E-state index contributed by atoms with van der Waals surface area (Å²) in [6.45, 7) is 6.56. The average Bonchev–Trinajstić information content (AvgIpc) is 2.62. The predicted octanol–water partition coefficient (Wildman–Crippen LogP) is 2.78. The van der Waals surface area contributed by atoms with Crippen molar-refractivity contribution in [3.8, 4) is 0 Å². The molecule has 1 rings (SSSR count). The Hall–Kier alpha value is -0.870. The molecule has 3 N–H and O–H groups in total. The lowest BCUT2D eigenvalue weighted by Crippen LogP contribution is -2.23. The summed E-state index contributed by atoms with van der Waals surface area (Å²) in [5.74, 6) is -0.776. The van der Waals surface area contributed by atoms with E-state index in [9.17, 15) is 4.79 Å². The minimum atomic E-state index is -0.776. The van der Waals surface area contributed by atoms with Crippen LogP contribution in [-0.4, -0.2) is 17.1 Å². The summed E-state index contributed by atoms with van der Waals surface area (Å²) in [6, 6.07) is 4.19. The number of carbonyl (C=O) groups is 1. The number of carboxylic acids is 1. The number of aliphatic carboxylic acids is 1. The van der Waals surface area contributed by atoms with E-state index >= 15 is 0 Å². The van der Waals surface area contributed by atoms with Crippen molar-refractivity contribution in [3.05, 3.63) is 21.9 Å². The van der Waals surface area contributed by atoms with Gasteiger partial charge in [-0.15, -0.1) is 11.3 Å². The number of thiophene rings is 1. The van der Waals surface area contributed by atoms with E-state index in [1.54, 1.807) is 11.3 Å². The number of hydrogen-bond acceptors (Lipinski definition) is 3. The molecule has 0 amide bonds. The lowest BCUT2D eigenvalue weighted by atomic mass is 9.95. The van der Waals surface area contributed by atoms with Crippen molar-refractivity contribution in [2.45, 2.75) is 51.5 Å². The highest BCUT2D eigenvalue weighted by atomic mass is 32.1. The van der Waals surface area contributed by atoms with E-state index < -0.39 is 5.97 Å². The van der Waals surface area contributed by atoms with Gasteiger partial charge in [-0.3, -0.25) is 4.79 Å². The molecule has 0 radical (unpaired) electrons. The quantitative estimate of drug-likeness (QED) is 0.850. The maximum absolute atomic E-state index is 10.4.